The fraction of sp³-hybridized carbons (Fsp3) is 0.462. The van der Waals surface area contributed by atoms with Crippen LogP contribution in [0, 0.1) is 0 Å². The summed E-state index contributed by atoms with van der Waals surface area (Å²) in [5.74, 6) is 0.250. The molecule has 1 amide bonds. The molecule has 100 valence electrons. The lowest BCUT2D eigenvalue weighted by molar-refractivity contribution is 0.1000. The van der Waals surface area contributed by atoms with Gasteiger partial charge in [-0.1, -0.05) is 20.8 Å². The van der Waals surface area contributed by atoms with E-state index in [2.05, 4.69) is 49.8 Å². The van der Waals surface area contributed by atoms with E-state index in [4.69, 9.17) is 10.2 Å². The van der Waals surface area contributed by atoms with Crippen molar-refractivity contribution in [3.63, 3.8) is 0 Å². The standard InChI is InChI=1S/C13H20BrNO2Si/c1-13(2,3)18(4,5)17-11-8-9(12(15)16)6-7-10(11)14/h6-8H,1-5H3,(H2,15,16). The van der Waals surface area contributed by atoms with Crippen molar-refractivity contribution < 1.29 is 9.22 Å². The molecule has 0 bridgehead atoms. The maximum atomic E-state index is 11.2. The minimum absolute atomic E-state index is 0.106. The highest BCUT2D eigenvalue weighted by molar-refractivity contribution is 9.10. The lowest BCUT2D eigenvalue weighted by Crippen LogP contribution is -2.44. The first-order chi connectivity index (χ1) is 8.04. The molecule has 18 heavy (non-hydrogen) atoms. The summed E-state index contributed by atoms with van der Waals surface area (Å²) in [5.41, 5.74) is 5.75. The maximum absolute atomic E-state index is 11.2. The van der Waals surface area contributed by atoms with Gasteiger partial charge < -0.3 is 10.2 Å². The van der Waals surface area contributed by atoms with Crippen molar-refractivity contribution >= 4 is 30.2 Å². The largest absolute Gasteiger partial charge is 0.543 e. The fourth-order valence-corrected chi connectivity index (χ4v) is 2.66. The van der Waals surface area contributed by atoms with Gasteiger partial charge in [0.15, 0.2) is 0 Å². The van der Waals surface area contributed by atoms with Gasteiger partial charge in [-0.05, 0) is 52.3 Å². The lowest BCUT2D eigenvalue weighted by atomic mass is 10.2. The monoisotopic (exact) mass is 329 g/mol. The first-order valence-corrected chi connectivity index (χ1v) is 9.53. The van der Waals surface area contributed by atoms with Crippen LogP contribution in [0.3, 0.4) is 0 Å². The third kappa shape index (κ3) is 3.35. The van der Waals surface area contributed by atoms with Crippen molar-refractivity contribution in [1.82, 2.24) is 0 Å². The van der Waals surface area contributed by atoms with Crippen LogP contribution in [0.2, 0.25) is 18.1 Å². The lowest BCUT2D eigenvalue weighted by Gasteiger charge is -2.36. The summed E-state index contributed by atoms with van der Waals surface area (Å²) >= 11 is 3.44. The number of nitrogens with two attached hydrogens (primary N) is 1. The molecule has 1 aromatic carbocycles. The first kappa shape index (κ1) is 15.2. The number of hydrogen-bond acceptors (Lipinski definition) is 2. The summed E-state index contributed by atoms with van der Waals surface area (Å²) in [6.07, 6.45) is 0. The van der Waals surface area contributed by atoms with Gasteiger partial charge in [-0.25, -0.2) is 0 Å². The number of primary amides is 1. The Hall–Kier alpha value is -0.813. The predicted octanol–water partition coefficient (Wildman–Crippen LogP) is 3.93. The van der Waals surface area contributed by atoms with E-state index in [-0.39, 0.29) is 5.04 Å². The van der Waals surface area contributed by atoms with Gasteiger partial charge in [0, 0.05) is 5.56 Å². The fourth-order valence-electron chi connectivity index (χ4n) is 1.16. The number of halogens is 1. The van der Waals surface area contributed by atoms with E-state index in [1.165, 1.54) is 0 Å². The van der Waals surface area contributed by atoms with Crippen LogP contribution in [-0.2, 0) is 0 Å². The quantitative estimate of drug-likeness (QED) is 0.854. The Balaban J connectivity index is 3.11. The average molecular weight is 330 g/mol. The van der Waals surface area contributed by atoms with Crippen molar-refractivity contribution in [2.75, 3.05) is 0 Å². The minimum atomic E-state index is -1.92. The molecule has 0 aromatic heterocycles. The summed E-state index contributed by atoms with van der Waals surface area (Å²) < 4.78 is 7.02. The predicted molar refractivity (Wildman–Crippen MR) is 80.5 cm³/mol. The second-order valence-electron chi connectivity index (χ2n) is 5.87. The maximum Gasteiger partial charge on any atom is 0.250 e. The van der Waals surface area contributed by atoms with Gasteiger partial charge in [0.2, 0.25) is 5.91 Å². The molecule has 1 rings (SSSR count). The van der Waals surface area contributed by atoms with Crippen LogP contribution >= 0.6 is 15.9 Å². The van der Waals surface area contributed by atoms with Gasteiger partial charge in [0.25, 0.3) is 8.32 Å². The molecule has 0 aliphatic rings. The molecule has 0 saturated heterocycles. The van der Waals surface area contributed by atoms with E-state index in [0.29, 0.717) is 11.3 Å². The summed E-state index contributed by atoms with van der Waals surface area (Å²) in [4.78, 5) is 11.2. The van der Waals surface area contributed by atoms with Gasteiger partial charge >= 0.3 is 0 Å². The Kier molecular flexibility index (Phi) is 4.28. The van der Waals surface area contributed by atoms with Crippen molar-refractivity contribution in [2.24, 2.45) is 5.73 Å². The van der Waals surface area contributed by atoms with Crippen LogP contribution in [0.25, 0.3) is 0 Å². The molecule has 0 aliphatic heterocycles. The summed E-state index contributed by atoms with van der Waals surface area (Å²) in [6.45, 7) is 10.8. The molecule has 0 fully saturated rings. The molecular weight excluding hydrogens is 310 g/mol. The summed E-state index contributed by atoms with van der Waals surface area (Å²) in [6, 6.07) is 5.18. The normalized spacial score (nSPS) is 12.3. The molecule has 0 unspecified atom stereocenters. The SMILES string of the molecule is CC(C)(C)[Si](C)(C)Oc1cc(C(N)=O)ccc1Br. The highest BCUT2D eigenvalue weighted by Crippen LogP contribution is 2.39. The van der Waals surface area contributed by atoms with Gasteiger partial charge in [-0.15, -0.1) is 0 Å². The Labute approximate surface area is 118 Å². The van der Waals surface area contributed by atoms with E-state index < -0.39 is 14.2 Å². The van der Waals surface area contributed by atoms with Crippen LogP contribution < -0.4 is 10.2 Å². The van der Waals surface area contributed by atoms with Crippen LogP contribution in [-0.4, -0.2) is 14.2 Å². The van der Waals surface area contributed by atoms with E-state index >= 15 is 0 Å². The van der Waals surface area contributed by atoms with E-state index in [1.54, 1.807) is 18.2 Å². The van der Waals surface area contributed by atoms with E-state index in [1.807, 2.05) is 0 Å². The van der Waals surface area contributed by atoms with Gasteiger partial charge in [-0.3, -0.25) is 4.79 Å². The molecule has 0 atom stereocenters. The third-order valence-corrected chi connectivity index (χ3v) is 8.38. The van der Waals surface area contributed by atoms with Gasteiger partial charge in [0.05, 0.1) is 4.47 Å². The zero-order valence-electron chi connectivity index (χ0n) is 11.5. The smallest absolute Gasteiger partial charge is 0.250 e. The molecule has 1 aromatic rings. The molecule has 0 aliphatic carbocycles. The van der Waals surface area contributed by atoms with E-state index in [0.717, 1.165) is 4.47 Å². The zero-order chi connectivity index (χ0) is 14.1. The number of rotatable bonds is 3. The minimum Gasteiger partial charge on any atom is -0.543 e. The third-order valence-electron chi connectivity index (χ3n) is 3.39. The van der Waals surface area contributed by atoms with Crippen molar-refractivity contribution in [3.05, 3.63) is 28.2 Å². The van der Waals surface area contributed by atoms with Crippen LogP contribution in [0.15, 0.2) is 22.7 Å². The Bertz CT molecular complexity index is 467. The molecule has 5 heteroatoms. The Morgan fingerprint density at radius 3 is 2.33 bits per heavy atom. The molecule has 0 heterocycles. The Morgan fingerprint density at radius 1 is 1.33 bits per heavy atom. The molecule has 0 saturated carbocycles. The average Bonchev–Trinajstić information content (AvgIpc) is 2.18. The topological polar surface area (TPSA) is 52.3 Å². The molecular formula is C13H20BrNO2Si. The molecule has 2 N–H and O–H groups in total. The van der Waals surface area contributed by atoms with Crippen molar-refractivity contribution in [2.45, 2.75) is 38.9 Å². The summed E-state index contributed by atoms with van der Waals surface area (Å²) in [7, 11) is -1.92. The first-order valence-electron chi connectivity index (χ1n) is 5.83. The van der Waals surface area contributed by atoms with Gasteiger partial charge in [0.1, 0.15) is 5.75 Å². The second-order valence-corrected chi connectivity index (χ2v) is 11.5. The number of amides is 1. The number of carbonyl (C=O) groups is 1. The molecule has 0 radical (unpaired) electrons. The highest BCUT2D eigenvalue weighted by atomic mass is 79.9. The number of hydrogen-bond donors (Lipinski definition) is 1. The molecule has 3 nitrogen and oxygen atoms in total. The van der Waals surface area contributed by atoms with Crippen LogP contribution in [0.1, 0.15) is 31.1 Å². The number of carbonyl (C=O) groups excluding carboxylic acids is 1. The van der Waals surface area contributed by atoms with Gasteiger partial charge in [-0.2, -0.15) is 0 Å². The molecule has 0 spiro atoms. The van der Waals surface area contributed by atoms with E-state index in [9.17, 15) is 4.79 Å². The summed E-state index contributed by atoms with van der Waals surface area (Å²) in [5, 5.41) is 0.106. The van der Waals surface area contributed by atoms with Crippen molar-refractivity contribution in [3.8, 4) is 5.75 Å². The number of benzene rings is 1. The van der Waals surface area contributed by atoms with Crippen molar-refractivity contribution in [1.29, 1.82) is 0 Å². The Morgan fingerprint density at radius 2 is 1.89 bits per heavy atom. The van der Waals surface area contributed by atoms with Crippen LogP contribution in [0.4, 0.5) is 0 Å². The zero-order valence-corrected chi connectivity index (χ0v) is 14.1. The second kappa shape index (κ2) is 5.05. The van der Waals surface area contributed by atoms with Crippen LogP contribution in [0.5, 0.6) is 5.75 Å². The highest BCUT2D eigenvalue weighted by Gasteiger charge is 2.39.